The van der Waals surface area contributed by atoms with E-state index in [1.54, 1.807) is 22.7 Å². The Morgan fingerprint density at radius 1 is 1.22 bits per heavy atom. The standard InChI is InChI=1S/C21H21FN2O2S/c1-21(2)17(18(25)23-11-10-13-6-5-7-14(22)12-13)24-19(26)15-8-3-4-9-16(15)20(24)27-21/h3-9,12,17,20H,10-11H2,1-2H3,(H,23,25)/t17-,20?/m1/s1. The molecule has 2 aromatic rings. The van der Waals surface area contributed by atoms with E-state index in [-0.39, 0.29) is 23.0 Å². The van der Waals surface area contributed by atoms with Crippen LogP contribution in [0.25, 0.3) is 0 Å². The molecule has 0 aliphatic carbocycles. The van der Waals surface area contributed by atoms with Crippen LogP contribution in [-0.2, 0) is 11.2 Å². The molecule has 1 N–H and O–H groups in total. The van der Waals surface area contributed by atoms with E-state index in [4.69, 9.17) is 0 Å². The van der Waals surface area contributed by atoms with E-state index in [2.05, 4.69) is 5.32 Å². The lowest BCUT2D eigenvalue weighted by atomic mass is 10.0. The molecule has 0 spiro atoms. The van der Waals surface area contributed by atoms with Crippen LogP contribution in [0.2, 0.25) is 0 Å². The number of benzene rings is 2. The Balaban J connectivity index is 1.49. The number of carbonyl (C=O) groups excluding carboxylic acids is 2. The smallest absolute Gasteiger partial charge is 0.256 e. The third-order valence-electron chi connectivity index (χ3n) is 5.15. The summed E-state index contributed by atoms with van der Waals surface area (Å²) in [5.74, 6) is -0.526. The van der Waals surface area contributed by atoms with Gasteiger partial charge in [0.2, 0.25) is 5.91 Å². The Bertz CT molecular complexity index is 915. The fraction of sp³-hybridized carbons (Fsp3) is 0.333. The van der Waals surface area contributed by atoms with Crippen molar-refractivity contribution < 1.29 is 14.0 Å². The maximum atomic E-state index is 13.3. The van der Waals surface area contributed by atoms with Crippen LogP contribution in [0.15, 0.2) is 48.5 Å². The summed E-state index contributed by atoms with van der Waals surface area (Å²) in [4.78, 5) is 27.6. The van der Waals surface area contributed by atoms with Gasteiger partial charge in [-0.15, -0.1) is 11.8 Å². The van der Waals surface area contributed by atoms with Crippen molar-refractivity contribution in [3.05, 3.63) is 71.0 Å². The molecule has 2 atom stereocenters. The minimum absolute atomic E-state index is 0.0843. The minimum Gasteiger partial charge on any atom is -0.354 e. The molecule has 1 fully saturated rings. The summed E-state index contributed by atoms with van der Waals surface area (Å²) in [6.07, 6.45) is 0.543. The van der Waals surface area contributed by atoms with E-state index >= 15 is 0 Å². The molecule has 2 aromatic carbocycles. The number of amides is 2. The lowest BCUT2D eigenvalue weighted by molar-refractivity contribution is -0.126. The van der Waals surface area contributed by atoms with Crippen LogP contribution < -0.4 is 5.32 Å². The van der Waals surface area contributed by atoms with E-state index < -0.39 is 10.8 Å². The number of rotatable bonds is 4. The van der Waals surface area contributed by atoms with Gasteiger partial charge in [-0.25, -0.2) is 4.39 Å². The summed E-state index contributed by atoms with van der Waals surface area (Å²) in [6, 6.07) is 13.4. The van der Waals surface area contributed by atoms with Crippen LogP contribution in [0, 0.1) is 5.82 Å². The number of nitrogens with zero attached hydrogens (tertiary/aromatic N) is 1. The van der Waals surface area contributed by atoms with Gasteiger partial charge in [0, 0.05) is 16.9 Å². The molecule has 2 heterocycles. The van der Waals surface area contributed by atoms with Crippen LogP contribution in [0.3, 0.4) is 0 Å². The average molecular weight is 384 g/mol. The zero-order chi connectivity index (χ0) is 19.2. The van der Waals surface area contributed by atoms with Gasteiger partial charge in [-0.1, -0.05) is 30.3 Å². The summed E-state index contributed by atoms with van der Waals surface area (Å²) < 4.78 is 12.9. The number of hydrogen-bond acceptors (Lipinski definition) is 3. The molecule has 6 heteroatoms. The molecule has 2 aliphatic rings. The number of halogens is 1. The molecule has 0 radical (unpaired) electrons. The van der Waals surface area contributed by atoms with Crippen LogP contribution in [0.1, 0.15) is 40.7 Å². The Morgan fingerprint density at radius 2 is 2.00 bits per heavy atom. The van der Waals surface area contributed by atoms with Crippen LogP contribution in [0.5, 0.6) is 0 Å². The largest absolute Gasteiger partial charge is 0.354 e. The molecule has 2 amide bonds. The quantitative estimate of drug-likeness (QED) is 0.877. The number of carbonyl (C=O) groups is 2. The van der Waals surface area contributed by atoms with Crippen molar-refractivity contribution in [3.63, 3.8) is 0 Å². The van der Waals surface area contributed by atoms with Crippen molar-refractivity contribution in [2.75, 3.05) is 6.54 Å². The van der Waals surface area contributed by atoms with Gasteiger partial charge in [0.05, 0.1) is 0 Å². The van der Waals surface area contributed by atoms with Gasteiger partial charge in [-0.05, 0) is 49.6 Å². The normalized spacial score (nSPS) is 22.5. The monoisotopic (exact) mass is 384 g/mol. The highest BCUT2D eigenvalue weighted by Crippen LogP contribution is 2.56. The first-order chi connectivity index (χ1) is 12.9. The second kappa shape index (κ2) is 6.68. The average Bonchev–Trinajstić information content (AvgIpc) is 3.05. The first-order valence-corrected chi connectivity index (χ1v) is 9.88. The predicted octanol–water partition coefficient (Wildman–Crippen LogP) is 3.53. The molecule has 140 valence electrons. The molecule has 4 nitrogen and oxygen atoms in total. The highest BCUT2D eigenvalue weighted by Gasteiger charge is 2.57. The van der Waals surface area contributed by atoms with Crippen molar-refractivity contribution in [1.29, 1.82) is 0 Å². The number of nitrogens with one attached hydrogen (secondary N) is 1. The van der Waals surface area contributed by atoms with Crippen molar-refractivity contribution >= 4 is 23.6 Å². The first kappa shape index (κ1) is 18.0. The summed E-state index contributed by atoms with van der Waals surface area (Å²) >= 11 is 1.65. The van der Waals surface area contributed by atoms with Crippen LogP contribution >= 0.6 is 11.8 Å². The van der Waals surface area contributed by atoms with Crippen LogP contribution in [-0.4, -0.2) is 34.0 Å². The van der Waals surface area contributed by atoms with Crippen molar-refractivity contribution in [3.8, 4) is 0 Å². The summed E-state index contributed by atoms with van der Waals surface area (Å²) in [5, 5.41) is 2.82. The van der Waals surface area contributed by atoms with Gasteiger partial charge in [0.25, 0.3) is 5.91 Å². The SMILES string of the molecule is CC1(C)SC2c3ccccc3C(=O)N2[C@@H]1C(=O)NCCc1cccc(F)c1. The van der Waals surface area contributed by atoms with Crippen LogP contribution in [0.4, 0.5) is 4.39 Å². The lowest BCUT2D eigenvalue weighted by Gasteiger charge is -2.29. The fourth-order valence-electron chi connectivity index (χ4n) is 3.92. The summed E-state index contributed by atoms with van der Waals surface area (Å²) in [6.45, 7) is 4.41. The molecule has 4 rings (SSSR count). The van der Waals surface area contributed by atoms with Gasteiger partial charge < -0.3 is 10.2 Å². The maximum Gasteiger partial charge on any atom is 0.256 e. The fourth-order valence-corrected chi connectivity index (χ4v) is 5.51. The van der Waals surface area contributed by atoms with E-state index in [0.29, 0.717) is 18.5 Å². The minimum atomic E-state index is -0.542. The Morgan fingerprint density at radius 3 is 2.78 bits per heavy atom. The van der Waals surface area contributed by atoms with Gasteiger partial charge in [-0.2, -0.15) is 0 Å². The molecule has 27 heavy (non-hydrogen) atoms. The highest BCUT2D eigenvalue weighted by atomic mass is 32.2. The second-order valence-electron chi connectivity index (χ2n) is 7.45. The van der Waals surface area contributed by atoms with Gasteiger partial charge >= 0.3 is 0 Å². The third-order valence-corrected chi connectivity index (χ3v) is 6.68. The lowest BCUT2D eigenvalue weighted by Crippen LogP contribution is -2.52. The van der Waals surface area contributed by atoms with Crippen molar-refractivity contribution in [2.24, 2.45) is 0 Å². The molecule has 2 aliphatic heterocycles. The van der Waals surface area contributed by atoms with E-state index in [0.717, 1.165) is 11.1 Å². The molecule has 0 bridgehead atoms. The molecule has 0 saturated carbocycles. The number of thioether (sulfide) groups is 1. The number of fused-ring (bicyclic) bond motifs is 3. The predicted molar refractivity (Wildman–Crippen MR) is 104 cm³/mol. The van der Waals surface area contributed by atoms with E-state index in [1.165, 1.54) is 12.1 Å². The second-order valence-corrected chi connectivity index (χ2v) is 9.18. The summed E-state index contributed by atoms with van der Waals surface area (Å²) in [7, 11) is 0. The Hall–Kier alpha value is -2.34. The van der Waals surface area contributed by atoms with E-state index in [9.17, 15) is 14.0 Å². The maximum absolute atomic E-state index is 13.3. The molecular weight excluding hydrogens is 363 g/mol. The van der Waals surface area contributed by atoms with Crippen molar-refractivity contribution in [2.45, 2.75) is 36.4 Å². The molecule has 1 saturated heterocycles. The zero-order valence-corrected chi connectivity index (χ0v) is 16.1. The van der Waals surface area contributed by atoms with E-state index in [1.807, 2.05) is 44.2 Å². The zero-order valence-electron chi connectivity index (χ0n) is 15.2. The van der Waals surface area contributed by atoms with Gasteiger partial charge in [-0.3, -0.25) is 9.59 Å². The molecule has 0 aromatic heterocycles. The van der Waals surface area contributed by atoms with Gasteiger partial charge in [0.1, 0.15) is 17.2 Å². The van der Waals surface area contributed by atoms with Crippen molar-refractivity contribution in [1.82, 2.24) is 10.2 Å². The number of hydrogen-bond donors (Lipinski definition) is 1. The Kier molecular flexibility index (Phi) is 4.46. The highest BCUT2D eigenvalue weighted by molar-refractivity contribution is 8.01. The third kappa shape index (κ3) is 3.12. The molecule has 1 unspecified atom stereocenters. The Labute approximate surface area is 162 Å². The topological polar surface area (TPSA) is 49.4 Å². The molecular formula is C21H21FN2O2S. The van der Waals surface area contributed by atoms with Gasteiger partial charge in [0.15, 0.2) is 0 Å². The summed E-state index contributed by atoms with van der Waals surface area (Å²) in [5.41, 5.74) is 2.50. The first-order valence-electron chi connectivity index (χ1n) is 9.00.